The van der Waals surface area contributed by atoms with Gasteiger partial charge >= 0.3 is 0 Å². The maximum Gasteiger partial charge on any atom is 0.248 e. The molecule has 0 saturated heterocycles. The zero-order valence-corrected chi connectivity index (χ0v) is 5.54. The highest BCUT2D eigenvalue weighted by atomic mass is 19.1. The molecule has 0 fully saturated rings. The predicted octanol–water partition coefficient (Wildman–Crippen LogP) is 0.630. The molecular weight excluding hydrogens is 149 g/mol. The lowest BCUT2D eigenvalue weighted by Gasteiger charge is -1.96. The minimum Gasteiger partial charge on any atom is -0.505 e. The molecule has 58 valence electrons. The van der Waals surface area contributed by atoms with E-state index in [0.29, 0.717) is 0 Å². The predicted molar refractivity (Wildman–Crippen MR) is 36.6 cm³/mol. The Morgan fingerprint density at radius 2 is 2.18 bits per heavy atom. The normalized spacial score (nSPS) is 9.55. The highest BCUT2D eigenvalue weighted by molar-refractivity contribution is 5.93. The van der Waals surface area contributed by atoms with Crippen LogP contribution in [0, 0.1) is 5.82 Å². The van der Waals surface area contributed by atoms with E-state index in [1.807, 2.05) is 0 Å². The Morgan fingerprint density at radius 3 is 2.64 bits per heavy atom. The number of carbonyl (C=O) groups is 1. The molecule has 0 radical (unpaired) electrons. The molecule has 4 heteroatoms. The zero-order chi connectivity index (χ0) is 8.43. The van der Waals surface area contributed by atoms with Crippen molar-refractivity contribution in [2.24, 2.45) is 5.73 Å². The summed E-state index contributed by atoms with van der Waals surface area (Å²) in [5.41, 5.74) is 4.95. The van der Waals surface area contributed by atoms with Crippen molar-refractivity contribution in [2.45, 2.75) is 0 Å². The molecular formula is C7H6FNO2. The second-order valence-electron chi connectivity index (χ2n) is 2.03. The Morgan fingerprint density at radius 1 is 1.55 bits per heavy atom. The number of aromatic hydroxyl groups is 1. The topological polar surface area (TPSA) is 63.3 Å². The SMILES string of the molecule is NC(=O)c1ccc(F)c(O)c1. The van der Waals surface area contributed by atoms with Gasteiger partial charge in [-0.2, -0.15) is 0 Å². The van der Waals surface area contributed by atoms with Gasteiger partial charge in [0.25, 0.3) is 0 Å². The van der Waals surface area contributed by atoms with Crippen LogP contribution in [0.1, 0.15) is 10.4 Å². The van der Waals surface area contributed by atoms with Crippen LogP contribution in [0.3, 0.4) is 0 Å². The van der Waals surface area contributed by atoms with Gasteiger partial charge in [0.15, 0.2) is 11.6 Å². The molecule has 1 aromatic rings. The number of primary amides is 1. The number of hydrogen-bond acceptors (Lipinski definition) is 2. The smallest absolute Gasteiger partial charge is 0.248 e. The number of phenolic OH excluding ortho intramolecular Hbond substituents is 1. The van der Waals surface area contributed by atoms with Gasteiger partial charge in [-0.15, -0.1) is 0 Å². The van der Waals surface area contributed by atoms with E-state index in [2.05, 4.69) is 0 Å². The standard InChI is InChI=1S/C7H6FNO2/c8-5-2-1-4(7(9)11)3-6(5)10/h1-3,10H,(H2,9,11). The molecule has 0 heterocycles. The molecule has 0 bridgehead atoms. The van der Waals surface area contributed by atoms with E-state index in [1.165, 1.54) is 6.07 Å². The van der Waals surface area contributed by atoms with Crippen LogP contribution >= 0.6 is 0 Å². The second-order valence-corrected chi connectivity index (χ2v) is 2.03. The van der Waals surface area contributed by atoms with Gasteiger partial charge in [-0.05, 0) is 18.2 Å². The van der Waals surface area contributed by atoms with Gasteiger partial charge in [0.1, 0.15) is 0 Å². The molecule has 3 nitrogen and oxygen atoms in total. The van der Waals surface area contributed by atoms with Gasteiger partial charge < -0.3 is 10.8 Å². The molecule has 1 amide bonds. The molecule has 0 unspecified atom stereocenters. The van der Waals surface area contributed by atoms with Gasteiger partial charge in [0, 0.05) is 5.56 Å². The third kappa shape index (κ3) is 1.46. The minimum atomic E-state index is -0.769. The minimum absolute atomic E-state index is 0.0869. The Labute approximate surface area is 62.3 Å². The largest absolute Gasteiger partial charge is 0.505 e. The van der Waals surface area contributed by atoms with Crippen molar-refractivity contribution >= 4 is 5.91 Å². The first-order valence-electron chi connectivity index (χ1n) is 2.89. The summed E-state index contributed by atoms with van der Waals surface area (Å²) in [4.78, 5) is 10.5. The van der Waals surface area contributed by atoms with E-state index >= 15 is 0 Å². The number of benzene rings is 1. The van der Waals surface area contributed by atoms with Crippen molar-refractivity contribution in [3.05, 3.63) is 29.6 Å². The maximum atomic E-state index is 12.4. The molecule has 1 aromatic carbocycles. The van der Waals surface area contributed by atoms with Crippen LogP contribution in [0.15, 0.2) is 18.2 Å². The summed E-state index contributed by atoms with van der Waals surface area (Å²) in [6, 6.07) is 3.17. The molecule has 0 saturated carbocycles. The third-order valence-corrected chi connectivity index (χ3v) is 1.23. The fourth-order valence-corrected chi connectivity index (χ4v) is 0.666. The summed E-state index contributed by atoms with van der Waals surface area (Å²) in [5.74, 6) is -2.03. The zero-order valence-electron chi connectivity index (χ0n) is 5.54. The highest BCUT2D eigenvalue weighted by Gasteiger charge is 2.04. The average molecular weight is 155 g/mol. The number of carbonyl (C=O) groups excluding carboxylic acids is 1. The van der Waals surface area contributed by atoms with Gasteiger partial charge in [0.05, 0.1) is 0 Å². The summed E-state index contributed by atoms with van der Waals surface area (Å²) in [6.07, 6.45) is 0. The van der Waals surface area contributed by atoms with Crippen LogP contribution in [-0.4, -0.2) is 11.0 Å². The molecule has 0 atom stereocenters. The van der Waals surface area contributed by atoms with E-state index in [-0.39, 0.29) is 5.56 Å². The second kappa shape index (κ2) is 2.57. The lowest BCUT2D eigenvalue weighted by atomic mass is 10.2. The van der Waals surface area contributed by atoms with Crippen molar-refractivity contribution in [3.8, 4) is 5.75 Å². The lowest BCUT2D eigenvalue weighted by molar-refractivity contribution is 0.1000. The molecule has 0 spiro atoms. The van der Waals surface area contributed by atoms with Crippen LogP contribution < -0.4 is 5.73 Å². The molecule has 0 aliphatic heterocycles. The van der Waals surface area contributed by atoms with Crippen molar-refractivity contribution < 1.29 is 14.3 Å². The summed E-state index contributed by atoms with van der Waals surface area (Å²) in [7, 11) is 0. The quantitative estimate of drug-likeness (QED) is 0.624. The van der Waals surface area contributed by atoms with Gasteiger partial charge in [0.2, 0.25) is 5.91 Å². The fourth-order valence-electron chi connectivity index (χ4n) is 0.666. The average Bonchev–Trinajstić information content (AvgIpc) is 1.94. The number of phenols is 1. The molecule has 0 aliphatic rings. The Balaban J connectivity index is 3.15. The molecule has 0 aliphatic carbocycles. The number of nitrogens with two attached hydrogens (primary N) is 1. The number of halogens is 1. The first-order chi connectivity index (χ1) is 5.11. The number of hydrogen-bond donors (Lipinski definition) is 2. The van der Waals surface area contributed by atoms with Crippen molar-refractivity contribution in [2.75, 3.05) is 0 Å². The molecule has 1 rings (SSSR count). The van der Waals surface area contributed by atoms with Crippen LogP contribution in [0.5, 0.6) is 5.75 Å². The molecule has 0 aromatic heterocycles. The van der Waals surface area contributed by atoms with Crippen LogP contribution in [0.4, 0.5) is 4.39 Å². The summed E-state index contributed by atoms with van der Waals surface area (Å²) in [5, 5.41) is 8.77. The first kappa shape index (κ1) is 7.53. The van der Waals surface area contributed by atoms with Crippen molar-refractivity contribution in [1.29, 1.82) is 0 Å². The van der Waals surface area contributed by atoms with E-state index in [1.54, 1.807) is 0 Å². The van der Waals surface area contributed by atoms with E-state index < -0.39 is 17.5 Å². The van der Waals surface area contributed by atoms with Gasteiger partial charge in [-0.3, -0.25) is 4.79 Å². The summed E-state index contributed by atoms with van der Waals surface area (Å²) in [6.45, 7) is 0. The maximum absolute atomic E-state index is 12.4. The summed E-state index contributed by atoms with van der Waals surface area (Å²) >= 11 is 0. The Hall–Kier alpha value is -1.58. The van der Waals surface area contributed by atoms with E-state index in [4.69, 9.17) is 10.8 Å². The first-order valence-corrected chi connectivity index (χ1v) is 2.89. The van der Waals surface area contributed by atoms with Crippen LogP contribution in [0.2, 0.25) is 0 Å². The highest BCUT2D eigenvalue weighted by Crippen LogP contribution is 2.15. The Kier molecular flexibility index (Phi) is 1.76. The van der Waals surface area contributed by atoms with Crippen LogP contribution in [0.25, 0.3) is 0 Å². The third-order valence-electron chi connectivity index (χ3n) is 1.23. The van der Waals surface area contributed by atoms with Crippen molar-refractivity contribution in [1.82, 2.24) is 0 Å². The molecule has 3 N–H and O–H groups in total. The lowest BCUT2D eigenvalue weighted by Crippen LogP contribution is -2.10. The number of rotatable bonds is 1. The fraction of sp³-hybridized carbons (Fsp3) is 0. The summed E-state index contributed by atoms with van der Waals surface area (Å²) < 4.78 is 12.4. The van der Waals surface area contributed by atoms with Crippen molar-refractivity contribution in [3.63, 3.8) is 0 Å². The van der Waals surface area contributed by atoms with E-state index in [0.717, 1.165) is 12.1 Å². The molecule has 11 heavy (non-hydrogen) atoms. The Bertz CT molecular complexity index is 298. The monoisotopic (exact) mass is 155 g/mol. The van der Waals surface area contributed by atoms with Crippen LogP contribution in [-0.2, 0) is 0 Å². The van der Waals surface area contributed by atoms with Gasteiger partial charge in [-0.1, -0.05) is 0 Å². The number of amides is 1. The van der Waals surface area contributed by atoms with Gasteiger partial charge in [-0.25, -0.2) is 4.39 Å². The van der Waals surface area contributed by atoms with E-state index in [9.17, 15) is 9.18 Å².